The van der Waals surface area contributed by atoms with Crippen LogP contribution in [-0.4, -0.2) is 49.7 Å². The smallest absolute Gasteiger partial charge is 0.243 e. The van der Waals surface area contributed by atoms with Gasteiger partial charge in [0.1, 0.15) is 0 Å². The molecule has 0 saturated heterocycles. The Bertz CT molecular complexity index is 1070. The summed E-state index contributed by atoms with van der Waals surface area (Å²) in [6.07, 6.45) is 7.48. The summed E-state index contributed by atoms with van der Waals surface area (Å²) in [5, 5.41) is 2.85. The first-order valence-corrected chi connectivity index (χ1v) is 11.8. The van der Waals surface area contributed by atoms with E-state index in [0.29, 0.717) is 12.2 Å². The van der Waals surface area contributed by atoms with Gasteiger partial charge in [0, 0.05) is 24.8 Å². The van der Waals surface area contributed by atoms with E-state index in [1.54, 1.807) is 19.2 Å². The van der Waals surface area contributed by atoms with Gasteiger partial charge in [0.25, 0.3) is 0 Å². The average Bonchev–Trinajstić information content (AvgIpc) is 3.17. The van der Waals surface area contributed by atoms with E-state index in [1.807, 2.05) is 30.9 Å². The van der Waals surface area contributed by atoms with Gasteiger partial charge in [-0.05, 0) is 62.1 Å². The van der Waals surface area contributed by atoms with Crippen LogP contribution >= 0.6 is 0 Å². The van der Waals surface area contributed by atoms with E-state index in [9.17, 15) is 13.2 Å². The van der Waals surface area contributed by atoms with Gasteiger partial charge in [0.2, 0.25) is 15.9 Å². The second-order valence-electron chi connectivity index (χ2n) is 8.05. The number of fused-ring (bicyclic) bond motifs is 1. The monoisotopic (exact) mass is 439 g/mol. The molecule has 0 bridgehead atoms. The second kappa shape index (κ2) is 9.65. The summed E-state index contributed by atoms with van der Waals surface area (Å²) in [7, 11) is -2.01. The highest BCUT2D eigenvalue weighted by Gasteiger charge is 2.28. The number of carbonyl (C=O) groups is 1. The van der Waals surface area contributed by atoms with Crippen molar-refractivity contribution in [1.29, 1.82) is 0 Å². The molecule has 2 aromatic carbocycles. The fourth-order valence-electron chi connectivity index (χ4n) is 3.85. The number of amides is 1. The van der Waals surface area contributed by atoms with Crippen LogP contribution in [0.5, 0.6) is 0 Å². The summed E-state index contributed by atoms with van der Waals surface area (Å²) in [6, 6.07) is 14.5. The maximum atomic E-state index is 12.7. The number of hydrogen-bond acceptors (Lipinski definition) is 4. The lowest BCUT2D eigenvalue weighted by atomic mass is 10.1. The molecule has 1 unspecified atom stereocenters. The third kappa shape index (κ3) is 5.16. The van der Waals surface area contributed by atoms with Crippen LogP contribution in [0, 0.1) is 12.3 Å². The lowest BCUT2D eigenvalue weighted by Gasteiger charge is -2.27. The highest BCUT2D eigenvalue weighted by atomic mass is 32.2. The van der Waals surface area contributed by atoms with Crippen LogP contribution in [0.1, 0.15) is 37.4 Å². The van der Waals surface area contributed by atoms with Gasteiger partial charge in [-0.25, -0.2) is 8.42 Å². The summed E-state index contributed by atoms with van der Waals surface area (Å²) in [5.41, 5.74) is 3.08. The van der Waals surface area contributed by atoms with Crippen molar-refractivity contribution in [2.45, 2.75) is 43.7 Å². The van der Waals surface area contributed by atoms with Gasteiger partial charge >= 0.3 is 0 Å². The molecule has 164 valence electrons. The van der Waals surface area contributed by atoms with Crippen molar-refractivity contribution in [2.24, 2.45) is 0 Å². The van der Waals surface area contributed by atoms with Crippen LogP contribution < -0.4 is 5.32 Å². The largest absolute Gasteiger partial charge is 0.325 e. The Labute approximate surface area is 185 Å². The van der Waals surface area contributed by atoms with E-state index in [4.69, 9.17) is 6.42 Å². The molecule has 0 heterocycles. The highest BCUT2D eigenvalue weighted by molar-refractivity contribution is 7.89. The first-order chi connectivity index (χ1) is 14.7. The minimum Gasteiger partial charge on any atom is -0.325 e. The normalized spacial score (nSPS) is 15.8. The molecule has 1 aliphatic carbocycles. The minimum atomic E-state index is -3.56. The Hall–Kier alpha value is -2.66. The average molecular weight is 440 g/mol. The van der Waals surface area contributed by atoms with E-state index in [-0.39, 0.29) is 29.4 Å². The summed E-state index contributed by atoms with van der Waals surface area (Å²) in [6.45, 7) is 4.18. The SMILES string of the molecule is C#CCN(CC(=O)Nc1ccc(S(=O)(=O)N(C)C(C)C)cc1)C1CCc2ccccc21. The van der Waals surface area contributed by atoms with Gasteiger partial charge in [-0.15, -0.1) is 6.42 Å². The lowest BCUT2D eigenvalue weighted by molar-refractivity contribution is -0.117. The molecule has 1 N–H and O–H groups in total. The zero-order valence-electron chi connectivity index (χ0n) is 18.2. The van der Waals surface area contributed by atoms with Crippen molar-refractivity contribution >= 4 is 21.6 Å². The minimum absolute atomic E-state index is 0.122. The van der Waals surface area contributed by atoms with Crippen molar-refractivity contribution in [3.8, 4) is 12.3 Å². The number of carbonyl (C=O) groups excluding carboxylic acids is 1. The number of sulfonamides is 1. The van der Waals surface area contributed by atoms with Crippen LogP contribution in [0.2, 0.25) is 0 Å². The second-order valence-corrected chi connectivity index (χ2v) is 10.0. The van der Waals surface area contributed by atoms with E-state index in [2.05, 4.69) is 23.4 Å². The molecule has 1 atom stereocenters. The fourth-order valence-corrected chi connectivity index (χ4v) is 5.21. The number of terminal acetylenes is 1. The molecule has 6 nitrogen and oxygen atoms in total. The Kier molecular flexibility index (Phi) is 7.16. The molecule has 3 rings (SSSR count). The molecule has 7 heteroatoms. The maximum absolute atomic E-state index is 12.7. The van der Waals surface area contributed by atoms with Crippen LogP contribution in [-0.2, 0) is 21.2 Å². The molecule has 0 spiro atoms. The van der Waals surface area contributed by atoms with Crippen molar-refractivity contribution in [3.63, 3.8) is 0 Å². The van der Waals surface area contributed by atoms with Gasteiger partial charge in [-0.2, -0.15) is 4.31 Å². The van der Waals surface area contributed by atoms with Gasteiger partial charge in [0.05, 0.1) is 18.0 Å². The van der Waals surface area contributed by atoms with E-state index in [0.717, 1.165) is 12.8 Å². The van der Waals surface area contributed by atoms with Crippen molar-refractivity contribution in [3.05, 3.63) is 59.7 Å². The lowest BCUT2D eigenvalue weighted by Crippen LogP contribution is -2.36. The molecule has 31 heavy (non-hydrogen) atoms. The summed E-state index contributed by atoms with van der Waals surface area (Å²) >= 11 is 0. The van der Waals surface area contributed by atoms with Crippen molar-refractivity contribution in [1.82, 2.24) is 9.21 Å². The number of nitrogens with one attached hydrogen (secondary N) is 1. The van der Waals surface area contributed by atoms with E-state index < -0.39 is 10.0 Å². The first kappa shape index (κ1) is 23.0. The van der Waals surface area contributed by atoms with Crippen LogP contribution in [0.3, 0.4) is 0 Å². The standard InChI is InChI=1S/C24H29N3O3S/c1-5-16-27(23-15-10-19-8-6-7-9-22(19)23)17-24(28)25-20-11-13-21(14-12-20)31(29,30)26(4)18(2)3/h1,6-9,11-14,18,23H,10,15-17H2,2-4H3,(H,25,28). The molecule has 1 amide bonds. The molecule has 2 aromatic rings. The summed E-state index contributed by atoms with van der Waals surface area (Å²) in [5.74, 6) is 2.48. The van der Waals surface area contributed by atoms with Gasteiger partial charge in [0.15, 0.2) is 0 Å². The third-order valence-corrected chi connectivity index (χ3v) is 7.77. The summed E-state index contributed by atoms with van der Waals surface area (Å²) < 4.78 is 26.5. The molecule has 0 fully saturated rings. The quantitative estimate of drug-likeness (QED) is 0.641. The third-order valence-electron chi connectivity index (χ3n) is 5.73. The predicted molar refractivity (Wildman–Crippen MR) is 123 cm³/mol. The Morgan fingerprint density at radius 1 is 1.19 bits per heavy atom. The van der Waals surface area contributed by atoms with Crippen molar-refractivity contribution < 1.29 is 13.2 Å². The van der Waals surface area contributed by atoms with Crippen LogP contribution in [0.4, 0.5) is 5.69 Å². The number of rotatable bonds is 8. The zero-order valence-corrected chi connectivity index (χ0v) is 19.0. The first-order valence-electron chi connectivity index (χ1n) is 10.4. The molecule has 0 saturated carbocycles. The topological polar surface area (TPSA) is 69.7 Å². The molecule has 0 aliphatic heterocycles. The molecular weight excluding hydrogens is 410 g/mol. The van der Waals surface area contributed by atoms with E-state index in [1.165, 1.54) is 27.6 Å². The van der Waals surface area contributed by atoms with E-state index >= 15 is 0 Å². The molecular formula is C24H29N3O3S. The van der Waals surface area contributed by atoms with Crippen LogP contribution in [0.15, 0.2) is 53.4 Å². The Balaban J connectivity index is 1.68. The van der Waals surface area contributed by atoms with Gasteiger partial charge < -0.3 is 5.32 Å². The molecule has 0 aromatic heterocycles. The number of hydrogen-bond donors (Lipinski definition) is 1. The fraction of sp³-hybridized carbons (Fsp3) is 0.375. The van der Waals surface area contributed by atoms with Crippen molar-refractivity contribution in [2.75, 3.05) is 25.5 Å². The highest BCUT2D eigenvalue weighted by Crippen LogP contribution is 2.35. The number of anilines is 1. The Morgan fingerprint density at radius 3 is 2.52 bits per heavy atom. The molecule has 1 aliphatic rings. The van der Waals surface area contributed by atoms with Gasteiger partial charge in [-0.3, -0.25) is 9.69 Å². The van der Waals surface area contributed by atoms with Crippen LogP contribution in [0.25, 0.3) is 0 Å². The predicted octanol–water partition coefficient (Wildman–Crippen LogP) is 3.28. The maximum Gasteiger partial charge on any atom is 0.243 e. The molecule has 0 radical (unpaired) electrons. The number of nitrogens with zero attached hydrogens (tertiary/aromatic N) is 2. The number of benzene rings is 2. The zero-order chi connectivity index (χ0) is 22.6. The summed E-state index contributed by atoms with van der Waals surface area (Å²) in [4.78, 5) is 14.9. The Morgan fingerprint density at radius 2 is 1.87 bits per heavy atom. The van der Waals surface area contributed by atoms with Gasteiger partial charge in [-0.1, -0.05) is 30.2 Å². The number of aryl methyl sites for hydroxylation is 1.